The van der Waals surface area contributed by atoms with E-state index in [4.69, 9.17) is 0 Å². The van der Waals surface area contributed by atoms with E-state index in [0.29, 0.717) is 0 Å². The Morgan fingerprint density at radius 3 is 1.38 bits per heavy atom. The SMILES string of the molecule is C[C](C)=[Zr]([c]1cccc2c1Cc1ccccc1-2)[c]1cccc2c1Cc1ccccc1-2.Cl.Cl. The zero-order valence-corrected chi connectivity index (χ0v) is 22.4. The van der Waals surface area contributed by atoms with E-state index in [1.165, 1.54) is 33.4 Å². The summed E-state index contributed by atoms with van der Waals surface area (Å²) >= 11 is -2.20. The quantitative estimate of drug-likeness (QED) is 0.239. The van der Waals surface area contributed by atoms with Gasteiger partial charge in [0.05, 0.1) is 0 Å². The Bertz CT molecular complexity index is 1260. The van der Waals surface area contributed by atoms with Gasteiger partial charge in [0, 0.05) is 0 Å². The van der Waals surface area contributed by atoms with Crippen LogP contribution < -0.4 is 6.54 Å². The van der Waals surface area contributed by atoms with Gasteiger partial charge in [-0.05, 0) is 0 Å². The first kappa shape index (κ1) is 23.4. The predicted molar refractivity (Wildman–Crippen MR) is 139 cm³/mol. The summed E-state index contributed by atoms with van der Waals surface area (Å²) in [5.41, 5.74) is 12.0. The van der Waals surface area contributed by atoms with Gasteiger partial charge in [0.1, 0.15) is 0 Å². The van der Waals surface area contributed by atoms with Crippen molar-refractivity contribution in [3.05, 3.63) is 107 Å². The second-order valence-corrected chi connectivity index (χ2v) is 15.7. The van der Waals surface area contributed by atoms with Crippen LogP contribution in [0.15, 0.2) is 84.9 Å². The fraction of sp³-hybridized carbons (Fsp3) is 0.138. The van der Waals surface area contributed by atoms with Gasteiger partial charge < -0.3 is 0 Å². The van der Waals surface area contributed by atoms with Crippen molar-refractivity contribution in [1.82, 2.24) is 0 Å². The third kappa shape index (κ3) is 3.60. The van der Waals surface area contributed by atoms with E-state index < -0.39 is 21.3 Å². The molecule has 0 heterocycles. The Morgan fingerprint density at radius 2 is 0.938 bits per heavy atom. The summed E-state index contributed by atoms with van der Waals surface area (Å²) in [5.74, 6) is 0. The van der Waals surface area contributed by atoms with Gasteiger partial charge in [0.2, 0.25) is 0 Å². The van der Waals surface area contributed by atoms with E-state index in [2.05, 4.69) is 98.8 Å². The second kappa shape index (κ2) is 9.22. The fourth-order valence-corrected chi connectivity index (χ4v) is 12.7. The van der Waals surface area contributed by atoms with E-state index in [0.717, 1.165) is 12.8 Å². The summed E-state index contributed by atoms with van der Waals surface area (Å²) < 4.78 is 5.01. The molecule has 4 aromatic rings. The Balaban J connectivity index is 0.00000122. The first-order chi connectivity index (χ1) is 14.7. The van der Waals surface area contributed by atoms with E-state index in [9.17, 15) is 0 Å². The van der Waals surface area contributed by atoms with Gasteiger partial charge in [-0.1, -0.05) is 0 Å². The van der Waals surface area contributed by atoms with E-state index in [1.54, 1.807) is 20.9 Å². The molecule has 0 aliphatic heterocycles. The summed E-state index contributed by atoms with van der Waals surface area (Å²) in [5, 5.41) is 0. The maximum Gasteiger partial charge on any atom is -0.147 e. The van der Waals surface area contributed by atoms with Crippen LogP contribution in [0.1, 0.15) is 36.1 Å². The Kier molecular flexibility index (Phi) is 6.74. The number of halogens is 2. The fourth-order valence-electron chi connectivity index (χ4n) is 5.47. The first-order valence-corrected chi connectivity index (χ1v) is 14.5. The van der Waals surface area contributed by atoms with Gasteiger partial charge in [-0.3, -0.25) is 0 Å². The van der Waals surface area contributed by atoms with Crippen LogP contribution in [0.5, 0.6) is 0 Å². The molecule has 0 aromatic heterocycles. The first-order valence-electron chi connectivity index (χ1n) is 10.8. The molecule has 0 amide bonds. The van der Waals surface area contributed by atoms with Crippen molar-refractivity contribution in [2.45, 2.75) is 26.7 Å². The van der Waals surface area contributed by atoms with E-state index >= 15 is 0 Å². The summed E-state index contributed by atoms with van der Waals surface area (Å²) in [7, 11) is 0. The molecule has 2 aliphatic carbocycles. The van der Waals surface area contributed by atoms with Crippen molar-refractivity contribution >= 4 is 34.6 Å². The number of hydrogen-bond acceptors (Lipinski definition) is 0. The Labute approximate surface area is 210 Å². The van der Waals surface area contributed by atoms with Gasteiger partial charge in [-0.2, -0.15) is 0 Å². The molecule has 160 valence electrons. The molecule has 0 bridgehead atoms. The molecule has 0 N–H and O–H groups in total. The molecule has 0 unspecified atom stereocenters. The molecule has 0 saturated heterocycles. The van der Waals surface area contributed by atoms with Gasteiger partial charge in [0.15, 0.2) is 0 Å². The van der Waals surface area contributed by atoms with E-state index in [-0.39, 0.29) is 24.8 Å². The third-order valence-electron chi connectivity index (χ3n) is 6.74. The number of fused-ring (bicyclic) bond motifs is 6. The molecule has 0 spiro atoms. The van der Waals surface area contributed by atoms with Crippen LogP contribution in [-0.4, -0.2) is 3.21 Å². The average Bonchev–Trinajstić information content (AvgIpc) is 3.33. The van der Waals surface area contributed by atoms with Crippen LogP contribution in [0, 0.1) is 0 Å². The average molecular weight is 537 g/mol. The van der Waals surface area contributed by atoms with Crippen molar-refractivity contribution in [3.8, 4) is 22.3 Å². The minimum Gasteiger partial charge on any atom is -0.147 e. The van der Waals surface area contributed by atoms with Crippen LogP contribution in [0.2, 0.25) is 0 Å². The maximum atomic E-state index is 2.45. The third-order valence-corrected chi connectivity index (χ3v) is 14.1. The molecule has 0 radical (unpaired) electrons. The second-order valence-electron chi connectivity index (χ2n) is 8.71. The van der Waals surface area contributed by atoms with Crippen molar-refractivity contribution < 1.29 is 21.3 Å². The van der Waals surface area contributed by atoms with Crippen LogP contribution in [0.25, 0.3) is 22.3 Å². The van der Waals surface area contributed by atoms with Gasteiger partial charge in [-0.15, -0.1) is 24.8 Å². The zero-order valence-electron chi connectivity index (χ0n) is 18.3. The minimum atomic E-state index is -2.20. The largest absolute Gasteiger partial charge is 0.147 e. The van der Waals surface area contributed by atoms with Crippen LogP contribution in [-0.2, 0) is 34.1 Å². The summed E-state index contributed by atoms with van der Waals surface area (Å²) in [4.78, 5) is 0. The molecular weight excluding hydrogens is 510 g/mol. The van der Waals surface area contributed by atoms with E-state index in [1.807, 2.05) is 0 Å². The topological polar surface area (TPSA) is 0 Å². The van der Waals surface area contributed by atoms with Crippen molar-refractivity contribution in [2.24, 2.45) is 0 Å². The predicted octanol–water partition coefficient (Wildman–Crippen LogP) is 6.45. The van der Waals surface area contributed by atoms with Crippen LogP contribution in [0.3, 0.4) is 0 Å². The number of hydrogen-bond donors (Lipinski definition) is 0. The summed E-state index contributed by atoms with van der Waals surface area (Å²) in [6, 6.07) is 32.1. The molecule has 0 fully saturated rings. The maximum absolute atomic E-state index is 2.45. The van der Waals surface area contributed by atoms with Crippen molar-refractivity contribution in [2.75, 3.05) is 0 Å². The zero-order chi connectivity index (χ0) is 20.2. The number of rotatable bonds is 2. The smallest absolute Gasteiger partial charge is 0.147 e. The Morgan fingerprint density at radius 1 is 0.531 bits per heavy atom. The van der Waals surface area contributed by atoms with Crippen LogP contribution >= 0.6 is 24.8 Å². The number of benzene rings is 4. The molecule has 0 saturated carbocycles. The molecular formula is C29H26Cl2Zr. The summed E-state index contributed by atoms with van der Waals surface area (Å²) in [6.07, 6.45) is 2.18. The summed E-state index contributed by atoms with van der Waals surface area (Å²) in [6.45, 7) is 4.77. The van der Waals surface area contributed by atoms with Gasteiger partial charge >= 0.3 is 187 Å². The molecule has 0 atom stereocenters. The van der Waals surface area contributed by atoms with Crippen molar-refractivity contribution in [1.29, 1.82) is 0 Å². The normalized spacial score (nSPS) is 11.9. The van der Waals surface area contributed by atoms with Crippen LogP contribution in [0.4, 0.5) is 0 Å². The van der Waals surface area contributed by atoms with Crippen molar-refractivity contribution in [3.63, 3.8) is 0 Å². The van der Waals surface area contributed by atoms with Gasteiger partial charge in [0.25, 0.3) is 0 Å². The molecule has 3 heteroatoms. The Hall–Kier alpha value is -1.79. The monoisotopic (exact) mass is 534 g/mol. The van der Waals surface area contributed by atoms with Gasteiger partial charge in [-0.25, -0.2) is 0 Å². The molecule has 4 aromatic carbocycles. The molecule has 2 aliphatic rings. The molecule has 32 heavy (non-hydrogen) atoms. The molecule has 6 rings (SSSR count). The minimum absolute atomic E-state index is 0. The standard InChI is InChI=1S/2C13H9.C3H6.2ClH.Zr/c2*1-3-7-12-10(5-1)9-11-6-2-4-8-13(11)12;1-3-2;;;/h2*1-5,7-8H,9H2;1-2H3;2*1H;. The molecule has 0 nitrogen and oxygen atoms in total.